The Labute approximate surface area is 138 Å². The molecule has 0 spiro atoms. The number of carbonyl (C=O) groups is 1. The summed E-state index contributed by atoms with van der Waals surface area (Å²) in [7, 11) is 0. The monoisotopic (exact) mass is 329 g/mol. The number of halogens is 1. The zero-order valence-electron chi connectivity index (χ0n) is 12.6. The molecule has 3 rings (SSSR count). The number of rotatable bonds is 5. The van der Waals surface area contributed by atoms with Crippen LogP contribution in [-0.4, -0.2) is 22.2 Å². The molecule has 23 heavy (non-hydrogen) atoms. The number of fused-ring (bicyclic) bond motifs is 1. The van der Waals surface area contributed by atoms with Crippen LogP contribution in [0, 0.1) is 6.92 Å². The Kier molecular flexibility index (Phi) is 4.37. The van der Waals surface area contributed by atoms with Crippen molar-refractivity contribution in [3.63, 3.8) is 0 Å². The lowest BCUT2D eigenvalue weighted by molar-refractivity contribution is -0.143. The molecule has 0 aliphatic carbocycles. The lowest BCUT2D eigenvalue weighted by Crippen LogP contribution is -2.11. The lowest BCUT2D eigenvalue weighted by Gasteiger charge is -2.11. The smallest absolute Gasteiger partial charge is 0.329 e. The Morgan fingerprint density at radius 3 is 2.65 bits per heavy atom. The quantitative estimate of drug-likeness (QED) is 0.758. The summed E-state index contributed by atoms with van der Waals surface area (Å²) in [6, 6.07) is 15.6. The number of ether oxygens (including phenoxy) is 1. The van der Waals surface area contributed by atoms with Crippen LogP contribution in [0.25, 0.3) is 22.2 Å². The van der Waals surface area contributed by atoms with Gasteiger partial charge in [-0.15, -0.1) is 0 Å². The van der Waals surface area contributed by atoms with Gasteiger partial charge in [0, 0.05) is 10.4 Å². The second kappa shape index (κ2) is 6.44. The highest BCUT2D eigenvalue weighted by Gasteiger charge is 2.16. The number of nitrogens with zero attached hydrogens (tertiary/aromatic N) is 1. The van der Waals surface area contributed by atoms with Gasteiger partial charge in [-0.2, -0.15) is 0 Å². The maximum absolute atomic E-state index is 10.7. The van der Waals surface area contributed by atoms with Crippen molar-refractivity contribution in [2.75, 3.05) is 6.61 Å². The molecule has 1 heterocycles. The standard InChI is InChI=1S/C18H16ClNO3/c1-12-15-9-14(19)7-8-16(15)20(11-23-10-17(21)22)18(12)13-5-3-2-4-6-13/h2-9H,10-11H2,1H3,(H,21,22). The first-order valence-electron chi connectivity index (χ1n) is 7.21. The average molecular weight is 330 g/mol. The summed E-state index contributed by atoms with van der Waals surface area (Å²) in [5.41, 5.74) is 4.12. The summed E-state index contributed by atoms with van der Waals surface area (Å²) in [6.07, 6.45) is 0. The van der Waals surface area contributed by atoms with Gasteiger partial charge in [-0.3, -0.25) is 0 Å². The largest absolute Gasteiger partial charge is 0.480 e. The minimum atomic E-state index is -0.984. The molecule has 0 aliphatic rings. The van der Waals surface area contributed by atoms with E-state index in [9.17, 15) is 4.79 Å². The maximum atomic E-state index is 10.7. The minimum absolute atomic E-state index is 0.169. The van der Waals surface area contributed by atoms with Crippen molar-refractivity contribution in [2.24, 2.45) is 0 Å². The van der Waals surface area contributed by atoms with Gasteiger partial charge >= 0.3 is 5.97 Å². The van der Waals surface area contributed by atoms with Crippen LogP contribution in [0.4, 0.5) is 0 Å². The molecule has 0 radical (unpaired) electrons. The Morgan fingerprint density at radius 1 is 1.22 bits per heavy atom. The van der Waals surface area contributed by atoms with Gasteiger partial charge < -0.3 is 14.4 Å². The van der Waals surface area contributed by atoms with Gasteiger partial charge in [0.25, 0.3) is 0 Å². The van der Waals surface area contributed by atoms with E-state index in [1.807, 2.05) is 60.0 Å². The van der Waals surface area contributed by atoms with Gasteiger partial charge in [0.15, 0.2) is 0 Å². The van der Waals surface area contributed by atoms with Gasteiger partial charge in [-0.05, 0) is 36.2 Å². The minimum Gasteiger partial charge on any atom is -0.480 e. The van der Waals surface area contributed by atoms with E-state index >= 15 is 0 Å². The van der Waals surface area contributed by atoms with Crippen molar-refractivity contribution in [3.05, 3.63) is 59.1 Å². The Morgan fingerprint density at radius 2 is 1.96 bits per heavy atom. The average Bonchev–Trinajstić information content (AvgIpc) is 2.80. The van der Waals surface area contributed by atoms with Crippen LogP contribution in [0.2, 0.25) is 5.02 Å². The van der Waals surface area contributed by atoms with Crippen LogP contribution in [0.15, 0.2) is 48.5 Å². The summed E-state index contributed by atoms with van der Waals surface area (Å²) >= 11 is 6.13. The molecule has 4 nitrogen and oxygen atoms in total. The predicted octanol–water partition coefficient (Wildman–Crippen LogP) is 4.33. The van der Waals surface area contributed by atoms with E-state index in [0.29, 0.717) is 5.02 Å². The molecule has 0 saturated carbocycles. The summed E-state index contributed by atoms with van der Waals surface area (Å²) in [5, 5.41) is 10.5. The van der Waals surface area contributed by atoms with Crippen LogP contribution in [0.3, 0.4) is 0 Å². The van der Waals surface area contributed by atoms with E-state index < -0.39 is 5.97 Å². The molecule has 0 aliphatic heterocycles. The zero-order valence-corrected chi connectivity index (χ0v) is 13.4. The van der Waals surface area contributed by atoms with E-state index in [1.54, 1.807) is 0 Å². The van der Waals surface area contributed by atoms with E-state index in [0.717, 1.165) is 27.7 Å². The van der Waals surface area contributed by atoms with E-state index in [2.05, 4.69) is 0 Å². The number of hydrogen-bond acceptors (Lipinski definition) is 2. The highest BCUT2D eigenvalue weighted by atomic mass is 35.5. The van der Waals surface area contributed by atoms with Crippen LogP contribution in [0.5, 0.6) is 0 Å². The Hall–Kier alpha value is -2.30. The third kappa shape index (κ3) is 3.09. The summed E-state index contributed by atoms with van der Waals surface area (Å²) in [4.78, 5) is 10.7. The van der Waals surface area contributed by atoms with Crippen molar-refractivity contribution >= 4 is 28.5 Å². The van der Waals surface area contributed by atoms with Gasteiger partial charge in [-0.25, -0.2) is 4.79 Å². The molecular weight excluding hydrogens is 314 g/mol. The lowest BCUT2D eigenvalue weighted by atomic mass is 10.1. The van der Waals surface area contributed by atoms with Crippen LogP contribution < -0.4 is 0 Å². The number of aliphatic carboxylic acids is 1. The maximum Gasteiger partial charge on any atom is 0.329 e. The molecule has 1 N–H and O–H groups in total. The van der Waals surface area contributed by atoms with Crippen molar-refractivity contribution in [3.8, 4) is 11.3 Å². The molecule has 118 valence electrons. The van der Waals surface area contributed by atoms with Gasteiger partial charge in [0.2, 0.25) is 0 Å². The number of carboxylic acid groups (broad SMARTS) is 1. The van der Waals surface area contributed by atoms with Crippen LogP contribution in [-0.2, 0) is 16.3 Å². The predicted molar refractivity (Wildman–Crippen MR) is 90.7 cm³/mol. The van der Waals surface area contributed by atoms with E-state index in [4.69, 9.17) is 21.4 Å². The Bertz CT molecular complexity index is 856. The van der Waals surface area contributed by atoms with Crippen LogP contribution in [0.1, 0.15) is 5.56 Å². The molecule has 0 bridgehead atoms. The molecule has 5 heteroatoms. The van der Waals surface area contributed by atoms with E-state index in [-0.39, 0.29) is 13.3 Å². The molecule has 0 unspecified atom stereocenters. The number of carboxylic acids is 1. The summed E-state index contributed by atoms with van der Waals surface area (Å²) < 4.78 is 7.31. The first-order chi connectivity index (χ1) is 11.1. The second-order valence-corrected chi connectivity index (χ2v) is 5.74. The fourth-order valence-electron chi connectivity index (χ4n) is 2.82. The van der Waals surface area contributed by atoms with Crippen molar-refractivity contribution in [1.82, 2.24) is 4.57 Å². The Balaban J connectivity index is 2.15. The molecule has 2 aromatic carbocycles. The molecule has 0 atom stereocenters. The zero-order chi connectivity index (χ0) is 16.4. The molecule has 1 aromatic heterocycles. The normalized spacial score (nSPS) is 11.0. The first kappa shape index (κ1) is 15.6. The first-order valence-corrected chi connectivity index (χ1v) is 7.59. The van der Waals surface area contributed by atoms with Crippen molar-refractivity contribution in [2.45, 2.75) is 13.7 Å². The topological polar surface area (TPSA) is 51.5 Å². The summed E-state index contributed by atoms with van der Waals surface area (Å²) in [5.74, 6) is -0.984. The van der Waals surface area contributed by atoms with Crippen molar-refractivity contribution < 1.29 is 14.6 Å². The number of benzene rings is 2. The van der Waals surface area contributed by atoms with Gasteiger partial charge in [0.1, 0.15) is 13.3 Å². The molecular formula is C18H16ClNO3. The number of aryl methyl sites for hydroxylation is 1. The van der Waals surface area contributed by atoms with Crippen molar-refractivity contribution in [1.29, 1.82) is 0 Å². The van der Waals surface area contributed by atoms with E-state index in [1.165, 1.54) is 0 Å². The number of hydrogen-bond donors (Lipinski definition) is 1. The molecule has 0 fully saturated rings. The third-order valence-electron chi connectivity index (χ3n) is 3.77. The summed E-state index contributed by atoms with van der Waals surface area (Å²) in [6.45, 7) is 1.87. The molecule has 3 aromatic rings. The van der Waals surface area contributed by atoms with Gasteiger partial charge in [0.05, 0.1) is 11.2 Å². The second-order valence-electron chi connectivity index (χ2n) is 5.30. The number of aromatic nitrogens is 1. The van der Waals surface area contributed by atoms with Gasteiger partial charge in [-0.1, -0.05) is 41.9 Å². The highest BCUT2D eigenvalue weighted by molar-refractivity contribution is 6.31. The molecule has 0 saturated heterocycles. The SMILES string of the molecule is Cc1c(-c2ccccc2)n(COCC(=O)O)c2ccc(Cl)cc12. The van der Waals surface area contributed by atoms with Crippen LogP contribution >= 0.6 is 11.6 Å². The fourth-order valence-corrected chi connectivity index (χ4v) is 2.99. The molecule has 0 amide bonds. The third-order valence-corrected chi connectivity index (χ3v) is 4.01. The fraction of sp³-hybridized carbons (Fsp3) is 0.167. The highest BCUT2D eigenvalue weighted by Crippen LogP contribution is 2.34.